The molecule has 0 radical (unpaired) electrons. The van der Waals surface area contributed by atoms with E-state index in [2.05, 4.69) is 0 Å². The molecule has 1 fully saturated rings. The first kappa shape index (κ1) is 17.2. The van der Waals surface area contributed by atoms with Crippen LogP contribution in [0.4, 0.5) is 0 Å². The largest absolute Gasteiger partial charge is 0.392 e. The number of rotatable bonds is 5. The van der Waals surface area contributed by atoms with Crippen molar-refractivity contribution in [2.75, 3.05) is 18.8 Å². The smallest absolute Gasteiger partial charge is 0.235 e. The van der Waals surface area contributed by atoms with Crippen molar-refractivity contribution in [1.82, 2.24) is 4.90 Å². The van der Waals surface area contributed by atoms with E-state index in [4.69, 9.17) is 5.11 Å². The van der Waals surface area contributed by atoms with E-state index >= 15 is 0 Å². The normalized spacial score (nSPS) is 17.6. The average molecular weight is 323 g/mol. The number of aliphatic hydroxyl groups is 1. The molecule has 1 aromatic carbocycles. The zero-order valence-corrected chi connectivity index (χ0v) is 13.8. The van der Waals surface area contributed by atoms with Gasteiger partial charge in [0.1, 0.15) is 5.75 Å². The third-order valence-electron chi connectivity index (χ3n) is 4.03. The zero-order chi connectivity index (χ0) is 15.8. The lowest BCUT2D eigenvalue weighted by Gasteiger charge is -2.24. The molecule has 22 heavy (non-hydrogen) atoms. The van der Waals surface area contributed by atoms with Gasteiger partial charge in [-0.1, -0.05) is 43.5 Å². The molecule has 0 spiro atoms. The summed E-state index contributed by atoms with van der Waals surface area (Å²) in [5.74, 6) is 0.528. The first-order valence-electron chi connectivity index (χ1n) is 8.00. The quantitative estimate of drug-likeness (QED) is 0.904. The van der Waals surface area contributed by atoms with Gasteiger partial charge in [-0.05, 0) is 24.0 Å². The van der Waals surface area contributed by atoms with E-state index in [0.29, 0.717) is 5.75 Å². The predicted octanol–water partition coefficient (Wildman–Crippen LogP) is 2.22. The van der Waals surface area contributed by atoms with E-state index in [1.165, 1.54) is 19.3 Å². The monoisotopic (exact) mass is 323 g/mol. The van der Waals surface area contributed by atoms with E-state index < -0.39 is 10.8 Å². The molecular weight excluding hydrogens is 298 g/mol. The summed E-state index contributed by atoms with van der Waals surface area (Å²) in [6.07, 6.45) is 5.74. The van der Waals surface area contributed by atoms with Crippen molar-refractivity contribution in [3.63, 3.8) is 0 Å². The Labute approximate surface area is 135 Å². The molecule has 1 aliphatic rings. The molecule has 1 aromatic rings. The third kappa shape index (κ3) is 5.54. The van der Waals surface area contributed by atoms with Crippen LogP contribution in [0.2, 0.25) is 0 Å². The summed E-state index contributed by atoms with van der Waals surface area (Å²) in [4.78, 5) is 14.1. The summed E-state index contributed by atoms with van der Waals surface area (Å²) in [6.45, 7) is 1.62. The van der Waals surface area contributed by atoms with Crippen molar-refractivity contribution >= 4 is 16.7 Å². The molecular formula is C17H25NO3S. The highest BCUT2D eigenvalue weighted by Crippen LogP contribution is 2.12. The SMILES string of the molecule is O=C(CS(=O)Cc1ccc(CO)cc1)N1CCCCCCC1. The number of amides is 1. The molecule has 1 atom stereocenters. The van der Waals surface area contributed by atoms with Crippen molar-refractivity contribution in [1.29, 1.82) is 0 Å². The van der Waals surface area contributed by atoms with Crippen LogP contribution in [0.3, 0.4) is 0 Å². The Bertz CT molecular complexity index is 493. The summed E-state index contributed by atoms with van der Waals surface area (Å²) in [6, 6.07) is 7.38. The van der Waals surface area contributed by atoms with E-state index in [0.717, 1.165) is 37.1 Å². The maximum atomic E-state index is 12.3. The van der Waals surface area contributed by atoms with Gasteiger partial charge in [0, 0.05) is 29.6 Å². The van der Waals surface area contributed by atoms with Crippen LogP contribution in [0.1, 0.15) is 43.2 Å². The number of aliphatic hydroxyl groups excluding tert-OH is 1. The second-order valence-corrected chi connectivity index (χ2v) is 7.31. The highest BCUT2D eigenvalue weighted by atomic mass is 32.2. The van der Waals surface area contributed by atoms with Gasteiger partial charge in [-0.15, -0.1) is 0 Å². The summed E-state index contributed by atoms with van der Waals surface area (Å²) in [7, 11) is -1.18. The number of nitrogens with zero attached hydrogens (tertiary/aromatic N) is 1. The van der Waals surface area contributed by atoms with Crippen LogP contribution >= 0.6 is 0 Å². The molecule has 2 rings (SSSR count). The fourth-order valence-electron chi connectivity index (χ4n) is 2.70. The predicted molar refractivity (Wildman–Crippen MR) is 88.7 cm³/mol. The Morgan fingerprint density at radius 3 is 2.14 bits per heavy atom. The molecule has 1 amide bonds. The van der Waals surface area contributed by atoms with Crippen molar-refractivity contribution < 1.29 is 14.1 Å². The number of benzene rings is 1. The van der Waals surface area contributed by atoms with Gasteiger partial charge in [0.2, 0.25) is 5.91 Å². The minimum atomic E-state index is -1.18. The molecule has 122 valence electrons. The van der Waals surface area contributed by atoms with Crippen LogP contribution in [0, 0.1) is 0 Å². The van der Waals surface area contributed by atoms with Crippen molar-refractivity contribution in [2.45, 2.75) is 44.5 Å². The first-order valence-corrected chi connectivity index (χ1v) is 9.49. The van der Waals surface area contributed by atoms with Crippen LogP contribution in [-0.4, -0.2) is 39.0 Å². The standard InChI is InChI=1S/C17H25NO3S/c19-12-15-6-8-16(9-7-15)13-22(21)14-17(20)18-10-4-2-1-3-5-11-18/h6-9,19H,1-5,10-14H2. The number of carbonyl (C=O) groups is 1. The summed E-state index contributed by atoms with van der Waals surface area (Å²) < 4.78 is 12.2. The summed E-state index contributed by atoms with van der Waals surface area (Å²) in [5, 5.41) is 9.01. The van der Waals surface area contributed by atoms with Gasteiger partial charge in [-0.2, -0.15) is 0 Å². The Morgan fingerprint density at radius 1 is 1.00 bits per heavy atom. The van der Waals surface area contributed by atoms with Gasteiger partial charge in [-0.3, -0.25) is 9.00 Å². The lowest BCUT2D eigenvalue weighted by atomic mass is 10.1. The van der Waals surface area contributed by atoms with Gasteiger partial charge in [0.15, 0.2) is 0 Å². The number of likely N-dealkylation sites (tertiary alicyclic amines) is 1. The second kappa shape index (κ2) is 9.06. The van der Waals surface area contributed by atoms with Crippen molar-refractivity contribution in [3.05, 3.63) is 35.4 Å². The number of hydrogen-bond acceptors (Lipinski definition) is 3. The van der Waals surface area contributed by atoms with Gasteiger partial charge >= 0.3 is 0 Å². The average Bonchev–Trinajstić information content (AvgIpc) is 2.47. The van der Waals surface area contributed by atoms with E-state index in [1.54, 1.807) is 0 Å². The highest BCUT2D eigenvalue weighted by Gasteiger charge is 2.17. The van der Waals surface area contributed by atoms with Crippen LogP contribution in [0.5, 0.6) is 0 Å². The maximum Gasteiger partial charge on any atom is 0.235 e. The molecule has 4 nitrogen and oxygen atoms in total. The van der Waals surface area contributed by atoms with Crippen molar-refractivity contribution in [3.8, 4) is 0 Å². The van der Waals surface area contributed by atoms with Gasteiger partial charge in [0.25, 0.3) is 0 Å². The molecule has 1 aliphatic heterocycles. The van der Waals surface area contributed by atoms with Crippen LogP contribution < -0.4 is 0 Å². The molecule has 1 heterocycles. The molecule has 0 aromatic heterocycles. The molecule has 1 unspecified atom stereocenters. The lowest BCUT2D eigenvalue weighted by molar-refractivity contribution is -0.128. The molecule has 5 heteroatoms. The van der Waals surface area contributed by atoms with Crippen LogP contribution in [0.15, 0.2) is 24.3 Å². The number of hydrogen-bond donors (Lipinski definition) is 1. The zero-order valence-electron chi connectivity index (χ0n) is 13.0. The van der Waals surface area contributed by atoms with Gasteiger partial charge in [0.05, 0.1) is 6.61 Å². The summed E-state index contributed by atoms with van der Waals surface area (Å²) >= 11 is 0. The van der Waals surface area contributed by atoms with E-state index in [9.17, 15) is 9.00 Å². The molecule has 1 N–H and O–H groups in total. The lowest BCUT2D eigenvalue weighted by Crippen LogP contribution is -2.36. The molecule has 1 saturated heterocycles. The van der Waals surface area contributed by atoms with Gasteiger partial charge in [-0.25, -0.2) is 0 Å². The second-order valence-electron chi connectivity index (χ2n) is 5.85. The fourth-order valence-corrected chi connectivity index (χ4v) is 3.83. The molecule has 0 aliphatic carbocycles. The van der Waals surface area contributed by atoms with Crippen LogP contribution in [-0.2, 0) is 28.0 Å². The van der Waals surface area contributed by atoms with E-state index in [-0.39, 0.29) is 18.3 Å². The Kier molecular flexibility index (Phi) is 7.06. The Balaban J connectivity index is 1.83. The molecule has 0 bridgehead atoms. The van der Waals surface area contributed by atoms with E-state index in [1.807, 2.05) is 29.2 Å². The Hall–Kier alpha value is -1.20. The minimum Gasteiger partial charge on any atom is -0.392 e. The fraction of sp³-hybridized carbons (Fsp3) is 0.588. The van der Waals surface area contributed by atoms with Crippen LogP contribution in [0.25, 0.3) is 0 Å². The topological polar surface area (TPSA) is 57.6 Å². The minimum absolute atomic E-state index is 0.0107. The first-order chi connectivity index (χ1) is 10.7. The molecule has 0 saturated carbocycles. The van der Waals surface area contributed by atoms with Gasteiger partial charge < -0.3 is 10.0 Å². The summed E-state index contributed by atoms with van der Waals surface area (Å²) in [5.41, 5.74) is 1.78. The van der Waals surface area contributed by atoms with Crippen molar-refractivity contribution in [2.24, 2.45) is 0 Å². The maximum absolute atomic E-state index is 12.3. The highest BCUT2D eigenvalue weighted by molar-refractivity contribution is 7.84. The Morgan fingerprint density at radius 2 is 1.55 bits per heavy atom. The third-order valence-corrected chi connectivity index (χ3v) is 5.25. The number of carbonyl (C=O) groups excluding carboxylic acids is 1.